The summed E-state index contributed by atoms with van der Waals surface area (Å²) in [5.41, 5.74) is 1.32. The molecule has 1 unspecified atom stereocenters. The van der Waals surface area contributed by atoms with Crippen LogP contribution in [0.15, 0.2) is 16.8 Å². The molecule has 2 aromatic heterocycles. The highest BCUT2D eigenvalue weighted by molar-refractivity contribution is 7.07. The zero-order chi connectivity index (χ0) is 18.5. The lowest BCUT2D eigenvalue weighted by atomic mass is 9.75. The fourth-order valence-corrected chi connectivity index (χ4v) is 4.76. The van der Waals surface area contributed by atoms with Gasteiger partial charge in [-0.05, 0) is 64.9 Å². The first-order valence-corrected chi connectivity index (χ1v) is 11.0. The molecule has 0 radical (unpaired) electrons. The summed E-state index contributed by atoms with van der Waals surface area (Å²) >= 11 is 1.75. The van der Waals surface area contributed by atoms with Gasteiger partial charge in [0.1, 0.15) is 0 Å². The topological polar surface area (TPSA) is 74.1 Å². The van der Waals surface area contributed by atoms with Gasteiger partial charge in [-0.15, -0.1) is 5.10 Å². The molecule has 8 heteroatoms. The molecule has 0 bridgehead atoms. The summed E-state index contributed by atoms with van der Waals surface area (Å²) in [6, 6.07) is 2.78. The van der Waals surface area contributed by atoms with Crippen LogP contribution < -0.4 is 5.32 Å². The number of aromatic nitrogens is 4. The van der Waals surface area contributed by atoms with Crippen molar-refractivity contribution in [1.29, 1.82) is 0 Å². The summed E-state index contributed by atoms with van der Waals surface area (Å²) in [6.45, 7) is 5.22. The van der Waals surface area contributed by atoms with Crippen LogP contribution in [0.25, 0.3) is 0 Å². The average Bonchev–Trinajstić information content (AvgIpc) is 3.34. The van der Waals surface area contributed by atoms with Crippen molar-refractivity contribution in [1.82, 2.24) is 25.5 Å². The summed E-state index contributed by atoms with van der Waals surface area (Å²) in [6.07, 6.45) is 6.24. The van der Waals surface area contributed by atoms with Gasteiger partial charge in [0.2, 0.25) is 0 Å². The summed E-state index contributed by atoms with van der Waals surface area (Å²) < 4.78 is 13.6. The van der Waals surface area contributed by atoms with Gasteiger partial charge >= 0.3 is 0 Å². The van der Waals surface area contributed by atoms with Crippen molar-refractivity contribution in [3.05, 3.63) is 28.2 Å². The van der Waals surface area contributed by atoms with Crippen LogP contribution in [0.4, 0.5) is 0 Å². The van der Waals surface area contributed by atoms with Gasteiger partial charge in [0.25, 0.3) is 0 Å². The minimum absolute atomic E-state index is 0.0675. The van der Waals surface area contributed by atoms with E-state index in [0.29, 0.717) is 12.6 Å². The lowest BCUT2D eigenvalue weighted by Crippen LogP contribution is -2.60. The fraction of sp³-hybridized carbons (Fsp3) is 0.737. The number of rotatable bonds is 9. The van der Waals surface area contributed by atoms with Crippen LogP contribution in [0.2, 0.25) is 0 Å². The van der Waals surface area contributed by atoms with E-state index in [9.17, 15) is 0 Å². The molecule has 0 amide bonds. The predicted octanol–water partition coefficient (Wildman–Crippen LogP) is 2.75. The summed E-state index contributed by atoms with van der Waals surface area (Å²) in [7, 11) is 0. The molecule has 1 saturated carbocycles. The van der Waals surface area contributed by atoms with Crippen molar-refractivity contribution in [2.24, 2.45) is 0 Å². The molecule has 1 aliphatic carbocycles. The Labute approximate surface area is 164 Å². The standard InChI is InChI=1S/C19H29N5O2S/c1-2-3-7-24-18(21-22-23-24)17(5-4-15-6-10-27-13-15)20-16-11-19(12-16)14-25-8-9-26-19/h6,10,13,16-17,20H,2-5,7-9,11-12,14H2,1H3. The molecule has 7 nitrogen and oxygen atoms in total. The first-order valence-electron chi connectivity index (χ1n) is 10.0. The molecular formula is C19H29N5O2S. The van der Waals surface area contributed by atoms with E-state index in [1.54, 1.807) is 11.3 Å². The maximum atomic E-state index is 5.99. The number of tetrazole rings is 1. The molecule has 2 aromatic rings. The maximum Gasteiger partial charge on any atom is 0.168 e. The Bertz CT molecular complexity index is 691. The summed E-state index contributed by atoms with van der Waals surface area (Å²) in [4.78, 5) is 0. The van der Waals surface area contributed by atoms with Crippen molar-refractivity contribution in [3.63, 3.8) is 0 Å². The molecule has 27 heavy (non-hydrogen) atoms. The highest BCUT2D eigenvalue weighted by Gasteiger charge is 2.47. The molecule has 2 aliphatic rings. The Hall–Kier alpha value is -1.35. The van der Waals surface area contributed by atoms with Crippen molar-refractivity contribution in [2.75, 3.05) is 19.8 Å². The molecule has 1 atom stereocenters. The molecule has 2 fully saturated rings. The Morgan fingerprint density at radius 1 is 1.41 bits per heavy atom. The van der Waals surface area contributed by atoms with Crippen molar-refractivity contribution >= 4 is 11.3 Å². The van der Waals surface area contributed by atoms with E-state index in [-0.39, 0.29) is 11.6 Å². The fourth-order valence-electron chi connectivity index (χ4n) is 4.05. The number of unbranched alkanes of at least 4 members (excludes halogenated alkanes) is 1. The van der Waals surface area contributed by atoms with Crippen LogP contribution in [0, 0.1) is 0 Å². The highest BCUT2D eigenvalue weighted by atomic mass is 32.1. The predicted molar refractivity (Wildman–Crippen MR) is 104 cm³/mol. The van der Waals surface area contributed by atoms with Crippen LogP contribution in [-0.4, -0.2) is 51.7 Å². The normalized spacial score (nSPS) is 26.2. The largest absolute Gasteiger partial charge is 0.376 e. The van der Waals surface area contributed by atoms with Crippen LogP contribution in [0.1, 0.15) is 56.5 Å². The molecular weight excluding hydrogens is 362 g/mol. The second kappa shape index (κ2) is 8.77. The smallest absolute Gasteiger partial charge is 0.168 e. The second-order valence-corrected chi connectivity index (χ2v) is 8.47. The minimum atomic E-state index is -0.0675. The van der Waals surface area contributed by atoms with E-state index in [1.807, 2.05) is 4.68 Å². The second-order valence-electron chi connectivity index (χ2n) is 7.69. The number of thiophene rings is 1. The van der Waals surface area contributed by atoms with Gasteiger partial charge in [0.05, 0.1) is 31.5 Å². The van der Waals surface area contributed by atoms with Gasteiger partial charge < -0.3 is 14.8 Å². The van der Waals surface area contributed by atoms with Crippen LogP contribution >= 0.6 is 11.3 Å². The third kappa shape index (κ3) is 4.56. The van der Waals surface area contributed by atoms with Crippen LogP contribution in [-0.2, 0) is 22.4 Å². The molecule has 1 saturated heterocycles. The monoisotopic (exact) mass is 391 g/mol. The lowest BCUT2D eigenvalue weighted by molar-refractivity contribution is -0.201. The molecule has 4 rings (SSSR count). The van der Waals surface area contributed by atoms with E-state index in [2.05, 4.69) is 44.6 Å². The quantitative estimate of drug-likeness (QED) is 0.708. The Balaban J connectivity index is 1.41. The van der Waals surface area contributed by atoms with Gasteiger partial charge in [0, 0.05) is 12.6 Å². The number of hydrogen-bond acceptors (Lipinski definition) is 7. The first-order chi connectivity index (χ1) is 13.3. The SMILES string of the molecule is CCCCn1nnnc1C(CCc1ccsc1)NC1CC2(COCCO2)C1. The number of aryl methyl sites for hydroxylation is 2. The number of hydrogen-bond donors (Lipinski definition) is 1. The zero-order valence-corrected chi connectivity index (χ0v) is 16.8. The third-order valence-corrected chi connectivity index (χ3v) is 6.30. The Morgan fingerprint density at radius 3 is 3.07 bits per heavy atom. The van der Waals surface area contributed by atoms with Crippen LogP contribution in [0.5, 0.6) is 0 Å². The van der Waals surface area contributed by atoms with E-state index in [1.165, 1.54) is 5.56 Å². The van der Waals surface area contributed by atoms with Gasteiger partial charge in [-0.25, -0.2) is 4.68 Å². The molecule has 0 aromatic carbocycles. The average molecular weight is 392 g/mol. The number of nitrogens with one attached hydrogen (secondary N) is 1. The Kier molecular flexibility index (Phi) is 6.17. The number of nitrogens with zero attached hydrogens (tertiary/aromatic N) is 4. The van der Waals surface area contributed by atoms with Crippen molar-refractivity contribution < 1.29 is 9.47 Å². The van der Waals surface area contributed by atoms with E-state index in [4.69, 9.17) is 9.47 Å². The Morgan fingerprint density at radius 2 is 2.33 bits per heavy atom. The van der Waals surface area contributed by atoms with Crippen LogP contribution in [0.3, 0.4) is 0 Å². The van der Waals surface area contributed by atoms with Crippen molar-refractivity contribution in [3.8, 4) is 0 Å². The molecule has 1 spiro atoms. The molecule has 1 N–H and O–H groups in total. The van der Waals surface area contributed by atoms with Gasteiger partial charge in [-0.3, -0.25) is 0 Å². The van der Waals surface area contributed by atoms with E-state index >= 15 is 0 Å². The molecule has 3 heterocycles. The maximum absolute atomic E-state index is 5.99. The summed E-state index contributed by atoms with van der Waals surface area (Å²) in [5.74, 6) is 0.959. The van der Waals surface area contributed by atoms with Crippen molar-refractivity contribution in [2.45, 2.75) is 69.7 Å². The van der Waals surface area contributed by atoms with E-state index < -0.39 is 0 Å². The number of ether oxygens (including phenoxy) is 2. The molecule has 1 aliphatic heterocycles. The van der Waals surface area contributed by atoms with Gasteiger partial charge in [-0.2, -0.15) is 11.3 Å². The first kappa shape index (κ1) is 19.0. The molecule has 148 valence electrons. The van der Waals surface area contributed by atoms with E-state index in [0.717, 1.165) is 64.1 Å². The summed E-state index contributed by atoms with van der Waals surface area (Å²) in [5, 5.41) is 20.7. The third-order valence-electron chi connectivity index (χ3n) is 5.57. The zero-order valence-electron chi connectivity index (χ0n) is 16.0. The lowest BCUT2D eigenvalue weighted by Gasteiger charge is -2.50. The van der Waals surface area contributed by atoms with Gasteiger partial charge in [-0.1, -0.05) is 13.3 Å². The minimum Gasteiger partial charge on any atom is -0.376 e. The highest BCUT2D eigenvalue weighted by Crippen LogP contribution is 2.39. The van der Waals surface area contributed by atoms with Gasteiger partial charge in [0.15, 0.2) is 5.82 Å².